The molecule has 24 heavy (non-hydrogen) atoms. The average molecular weight is 347 g/mol. The van der Waals surface area contributed by atoms with E-state index in [4.69, 9.17) is 4.74 Å². The zero-order valence-corrected chi connectivity index (χ0v) is 14.7. The van der Waals surface area contributed by atoms with E-state index in [1.54, 1.807) is 18.2 Å². The van der Waals surface area contributed by atoms with E-state index in [1.807, 2.05) is 32.0 Å². The van der Waals surface area contributed by atoms with E-state index in [9.17, 15) is 8.42 Å². The molecular formula is C17H21N3O3S. The van der Waals surface area contributed by atoms with E-state index in [2.05, 4.69) is 10.2 Å². The summed E-state index contributed by atoms with van der Waals surface area (Å²) in [5.41, 5.74) is 1.85. The Morgan fingerprint density at radius 1 is 1.08 bits per heavy atom. The summed E-state index contributed by atoms with van der Waals surface area (Å²) in [5, 5.41) is 7.95. The third-order valence-corrected chi connectivity index (χ3v) is 5.94. The van der Waals surface area contributed by atoms with Crippen molar-refractivity contribution in [1.29, 1.82) is 0 Å². The van der Waals surface area contributed by atoms with Crippen molar-refractivity contribution in [3.63, 3.8) is 0 Å². The molecule has 1 atom stereocenters. The van der Waals surface area contributed by atoms with Crippen LogP contribution in [0.1, 0.15) is 24.1 Å². The molecule has 0 bridgehead atoms. The molecule has 128 valence electrons. The number of sulfonamides is 1. The van der Waals surface area contributed by atoms with Gasteiger partial charge in [0.2, 0.25) is 15.9 Å². The van der Waals surface area contributed by atoms with Crippen molar-refractivity contribution in [2.24, 2.45) is 0 Å². The second kappa shape index (κ2) is 6.86. The predicted octanol–water partition coefficient (Wildman–Crippen LogP) is 2.33. The minimum atomic E-state index is -3.49. The zero-order chi connectivity index (χ0) is 17.2. The van der Waals surface area contributed by atoms with Gasteiger partial charge in [0, 0.05) is 12.6 Å². The Morgan fingerprint density at radius 3 is 2.50 bits per heavy atom. The molecule has 0 N–H and O–H groups in total. The standard InChI is InChI=1S/C17H21N3O3S/c1-13-5-8-16(9-6-13)24(21,22)20-11-3-4-15(12-20)23-17-10-7-14(2)18-19-17/h5-10,15H,3-4,11-12H2,1-2H3. The van der Waals surface area contributed by atoms with E-state index in [0.29, 0.717) is 23.9 Å². The Morgan fingerprint density at radius 2 is 1.83 bits per heavy atom. The molecule has 0 amide bonds. The molecule has 7 heteroatoms. The lowest BCUT2D eigenvalue weighted by Gasteiger charge is -2.31. The van der Waals surface area contributed by atoms with Gasteiger partial charge in [-0.15, -0.1) is 5.10 Å². The zero-order valence-electron chi connectivity index (χ0n) is 13.8. The lowest BCUT2D eigenvalue weighted by molar-refractivity contribution is 0.123. The molecule has 1 aromatic carbocycles. The maximum atomic E-state index is 12.8. The predicted molar refractivity (Wildman–Crippen MR) is 90.4 cm³/mol. The van der Waals surface area contributed by atoms with Crippen LogP contribution in [-0.2, 0) is 10.0 Å². The summed E-state index contributed by atoms with van der Waals surface area (Å²) in [5.74, 6) is 0.431. The van der Waals surface area contributed by atoms with Gasteiger partial charge in [0.25, 0.3) is 0 Å². The van der Waals surface area contributed by atoms with Gasteiger partial charge < -0.3 is 4.74 Å². The number of rotatable bonds is 4. The molecule has 1 aliphatic heterocycles. The Kier molecular flexibility index (Phi) is 4.82. The Bertz CT molecular complexity index is 789. The van der Waals surface area contributed by atoms with Crippen molar-refractivity contribution in [2.75, 3.05) is 13.1 Å². The SMILES string of the molecule is Cc1ccc(S(=O)(=O)N2CCCC(Oc3ccc(C)nn3)C2)cc1. The minimum absolute atomic E-state index is 0.212. The van der Waals surface area contributed by atoms with Crippen molar-refractivity contribution >= 4 is 10.0 Å². The molecule has 0 spiro atoms. The Labute approximate surface area is 142 Å². The number of ether oxygens (including phenoxy) is 1. The number of piperidine rings is 1. The normalized spacial score (nSPS) is 19.2. The highest BCUT2D eigenvalue weighted by atomic mass is 32.2. The number of hydrogen-bond donors (Lipinski definition) is 0. The second-order valence-corrected chi connectivity index (χ2v) is 8.01. The molecule has 1 aliphatic rings. The quantitative estimate of drug-likeness (QED) is 0.849. The van der Waals surface area contributed by atoms with E-state index in [0.717, 1.165) is 24.1 Å². The monoisotopic (exact) mass is 347 g/mol. The van der Waals surface area contributed by atoms with Gasteiger partial charge in [0.15, 0.2) is 0 Å². The third-order valence-electron chi connectivity index (χ3n) is 4.06. The van der Waals surface area contributed by atoms with Crippen molar-refractivity contribution in [2.45, 2.75) is 37.7 Å². The number of benzene rings is 1. The molecule has 2 aromatic rings. The maximum absolute atomic E-state index is 12.8. The Balaban J connectivity index is 1.72. The van der Waals surface area contributed by atoms with Crippen LogP contribution in [-0.4, -0.2) is 42.1 Å². The lowest BCUT2D eigenvalue weighted by atomic mass is 10.1. The fourth-order valence-electron chi connectivity index (χ4n) is 2.70. The molecule has 1 saturated heterocycles. The van der Waals surface area contributed by atoms with Gasteiger partial charge >= 0.3 is 0 Å². The van der Waals surface area contributed by atoms with E-state index < -0.39 is 10.0 Å². The first kappa shape index (κ1) is 16.9. The molecule has 1 fully saturated rings. The summed E-state index contributed by atoms with van der Waals surface area (Å²) in [7, 11) is -3.49. The molecule has 1 aromatic heterocycles. The minimum Gasteiger partial charge on any atom is -0.472 e. The summed E-state index contributed by atoms with van der Waals surface area (Å²) in [6.45, 7) is 4.62. The van der Waals surface area contributed by atoms with E-state index in [-0.39, 0.29) is 6.10 Å². The van der Waals surface area contributed by atoms with Crippen LogP contribution in [0.3, 0.4) is 0 Å². The largest absolute Gasteiger partial charge is 0.472 e. The molecule has 0 aliphatic carbocycles. The Hall–Kier alpha value is -1.99. The van der Waals surface area contributed by atoms with Crippen LogP contribution >= 0.6 is 0 Å². The van der Waals surface area contributed by atoms with E-state index in [1.165, 1.54) is 4.31 Å². The van der Waals surface area contributed by atoms with Gasteiger partial charge in [0.05, 0.1) is 17.1 Å². The van der Waals surface area contributed by atoms with Crippen LogP contribution < -0.4 is 4.74 Å². The highest BCUT2D eigenvalue weighted by molar-refractivity contribution is 7.89. The highest BCUT2D eigenvalue weighted by Crippen LogP contribution is 2.23. The van der Waals surface area contributed by atoms with Crippen LogP contribution in [0.4, 0.5) is 0 Å². The fourth-order valence-corrected chi connectivity index (χ4v) is 4.21. The summed E-state index contributed by atoms with van der Waals surface area (Å²) in [6.07, 6.45) is 1.35. The summed E-state index contributed by atoms with van der Waals surface area (Å²) >= 11 is 0. The van der Waals surface area contributed by atoms with Crippen molar-refractivity contribution in [1.82, 2.24) is 14.5 Å². The van der Waals surface area contributed by atoms with Crippen LogP contribution in [0.15, 0.2) is 41.3 Å². The topological polar surface area (TPSA) is 72.4 Å². The summed E-state index contributed by atoms with van der Waals surface area (Å²) < 4.78 is 32.9. The highest BCUT2D eigenvalue weighted by Gasteiger charge is 2.31. The smallest absolute Gasteiger partial charge is 0.243 e. The lowest BCUT2D eigenvalue weighted by Crippen LogP contribution is -2.44. The number of hydrogen-bond acceptors (Lipinski definition) is 5. The maximum Gasteiger partial charge on any atom is 0.243 e. The van der Waals surface area contributed by atoms with Gasteiger partial charge in [0.1, 0.15) is 6.10 Å². The first-order chi connectivity index (χ1) is 11.4. The summed E-state index contributed by atoms with van der Waals surface area (Å²) in [4.78, 5) is 0.323. The third kappa shape index (κ3) is 3.73. The van der Waals surface area contributed by atoms with Crippen molar-refractivity contribution < 1.29 is 13.2 Å². The van der Waals surface area contributed by atoms with Gasteiger partial charge in [-0.1, -0.05) is 17.7 Å². The fraction of sp³-hybridized carbons (Fsp3) is 0.412. The molecular weight excluding hydrogens is 326 g/mol. The average Bonchev–Trinajstić information content (AvgIpc) is 2.58. The molecule has 0 radical (unpaired) electrons. The molecule has 0 saturated carbocycles. The van der Waals surface area contributed by atoms with Gasteiger partial charge in [-0.05, 0) is 44.9 Å². The number of aryl methyl sites for hydroxylation is 2. The van der Waals surface area contributed by atoms with Crippen molar-refractivity contribution in [3.05, 3.63) is 47.7 Å². The van der Waals surface area contributed by atoms with Gasteiger partial charge in [-0.25, -0.2) is 8.42 Å². The number of nitrogens with zero attached hydrogens (tertiary/aromatic N) is 3. The molecule has 2 heterocycles. The van der Waals surface area contributed by atoms with E-state index >= 15 is 0 Å². The van der Waals surface area contributed by atoms with Crippen LogP contribution in [0.2, 0.25) is 0 Å². The number of aromatic nitrogens is 2. The first-order valence-corrected chi connectivity index (χ1v) is 9.43. The van der Waals surface area contributed by atoms with Crippen LogP contribution in [0.5, 0.6) is 5.88 Å². The molecule has 3 rings (SSSR count). The molecule has 6 nitrogen and oxygen atoms in total. The first-order valence-electron chi connectivity index (χ1n) is 7.99. The second-order valence-electron chi connectivity index (χ2n) is 6.07. The molecule has 1 unspecified atom stereocenters. The van der Waals surface area contributed by atoms with Gasteiger partial charge in [-0.3, -0.25) is 0 Å². The van der Waals surface area contributed by atoms with Crippen LogP contribution in [0.25, 0.3) is 0 Å². The van der Waals surface area contributed by atoms with Gasteiger partial charge in [-0.2, -0.15) is 9.40 Å². The van der Waals surface area contributed by atoms with Crippen LogP contribution in [0, 0.1) is 13.8 Å². The van der Waals surface area contributed by atoms with Crippen molar-refractivity contribution in [3.8, 4) is 5.88 Å². The summed E-state index contributed by atoms with van der Waals surface area (Å²) in [6, 6.07) is 10.5.